The number of amides is 1. The molecule has 1 heterocycles. The van der Waals surface area contributed by atoms with Crippen LogP contribution in [0.25, 0.3) is 10.9 Å². The van der Waals surface area contributed by atoms with Gasteiger partial charge in [0.15, 0.2) is 6.61 Å². The summed E-state index contributed by atoms with van der Waals surface area (Å²) in [6.07, 6.45) is 3.74. The minimum absolute atomic E-state index is 0.0892. The van der Waals surface area contributed by atoms with Gasteiger partial charge in [0, 0.05) is 29.2 Å². The van der Waals surface area contributed by atoms with Crippen LogP contribution in [0.4, 0.5) is 0 Å². The Hall–Kier alpha value is -3.86. The largest absolute Gasteiger partial charge is 0.484 e. The molecule has 5 heteroatoms. The number of hydrazone groups is 1. The molecule has 0 aliphatic heterocycles. The summed E-state index contributed by atoms with van der Waals surface area (Å²) in [5, 5.41) is 5.23. The summed E-state index contributed by atoms with van der Waals surface area (Å²) in [7, 11) is 0. The van der Waals surface area contributed by atoms with Crippen molar-refractivity contribution >= 4 is 23.0 Å². The van der Waals surface area contributed by atoms with E-state index in [1.54, 1.807) is 6.21 Å². The van der Waals surface area contributed by atoms with E-state index in [2.05, 4.69) is 59.4 Å². The van der Waals surface area contributed by atoms with Gasteiger partial charge in [-0.15, -0.1) is 0 Å². The molecule has 0 fully saturated rings. The van der Waals surface area contributed by atoms with E-state index in [9.17, 15) is 4.79 Å². The number of carbonyl (C=O) groups is 1. The predicted molar refractivity (Wildman–Crippen MR) is 129 cm³/mol. The zero-order valence-electron chi connectivity index (χ0n) is 18.4. The van der Waals surface area contributed by atoms with E-state index in [0.29, 0.717) is 11.7 Å². The van der Waals surface area contributed by atoms with E-state index in [4.69, 9.17) is 4.74 Å². The third-order valence-electron chi connectivity index (χ3n) is 5.32. The SMILES string of the molecule is CC(C)c1ccc(OCC(=O)NN=Cc2cn(Cc3ccccc3)c3ccccc23)cc1. The molecular weight excluding hydrogens is 398 g/mol. The van der Waals surface area contributed by atoms with E-state index in [-0.39, 0.29) is 12.5 Å². The van der Waals surface area contributed by atoms with Crippen LogP contribution >= 0.6 is 0 Å². The summed E-state index contributed by atoms with van der Waals surface area (Å²) in [6.45, 7) is 4.96. The molecule has 1 amide bonds. The fourth-order valence-electron chi connectivity index (χ4n) is 3.59. The van der Waals surface area contributed by atoms with Crippen LogP contribution in [0, 0.1) is 0 Å². The van der Waals surface area contributed by atoms with Crippen molar-refractivity contribution in [1.29, 1.82) is 0 Å². The van der Waals surface area contributed by atoms with Crippen LogP contribution in [-0.4, -0.2) is 23.3 Å². The molecule has 0 atom stereocenters. The highest BCUT2D eigenvalue weighted by molar-refractivity contribution is 5.99. The van der Waals surface area contributed by atoms with E-state index in [1.165, 1.54) is 11.1 Å². The lowest BCUT2D eigenvalue weighted by atomic mass is 10.0. The number of ether oxygens (including phenoxy) is 1. The van der Waals surface area contributed by atoms with Gasteiger partial charge in [-0.05, 0) is 35.2 Å². The van der Waals surface area contributed by atoms with E-state index in [0.717, 1.165) is 23.0 Å². The van der Waals surface area contributed by atoms with Gasteiger partial charge in [0.1, 0.15) is 5.75 Å². The summed E-state index contributed by atoms with van der Waals surface area (Å²) >= 11 is 0. The number of para-hydroxylation sites is 1. The summed E-state index contributed by atoms with van der Waals surface area (Å²) in [5.74, 6) is 0.819. The Labute approximate surface area is 188 Å². The molecule has 0 saturated carbocycles. The van der Waals surface area contributed by atoms with Crippen LogP contribution in [0.15, 0.2) is 90.2 Å². The lowest BCUT2D eigenvalue weighted by Gasteiger charge is -2.08. The molecule has 0 bridgehead atoms. The zero-order valence-corrected chi connectivity index (χ0v) is 18.4. The lowest BCUT2D eigenvalue weighted by molar-refractivity contribution is -0.123. The van der Waals surface area contributed by atoms with Gasteiger partial charge in [0.2, 0.25) is 0 Å². The third-order valence-corrected chi connectivity index (χ3v) is 5.32. The van der Waals surface area contributed by atoms with E-state index >= 15 is 0 Å². The molecule has 1 N–H and O–H groups in total. The van der Waals surface area contributed by atoms with Crippen molar-refractivity contribution in [3.8, 4) is 5.75 Å². The lowest BCUT2D eigenvalue weighted by Crippen LogP contribution is -2.24. The maximum Gasteiger partial charge on any atom is 0.277 e. The normalized spacial score (nSPS) is 11.3. The molecule has 4 aromatic rings. The van der Waals surface area contributed by atoms with Gasteiger partial charge >= 0.3 is 0 Å². The number of nitrogens with zero attached hydrogens (tertiary/aromatic N) is 2. The van der Waals surface area contributed by atoms with Gasteiger partial charge in [0.25, 0.3) is 5.91 Å². The van der Waals surface area contributed by atoms with Crippen LogP contribution in [0.3, 0.4) is 0 Å². The third kappa shape index (κ3) is 5.24. The first-order valence-corrected chi connectivity index (χ1v) is 10.8. The van der Waals surface area contributed by atoms with Gasteiger partial charge < -0.3 is 9.30 Å². The minimum atomic E-state index is -0.304. The number of hydrogen-bond donors (Lipinski definition) is 1. The smallest absolute Gasteiger partial charge is 0.277 e. The topological polar surface area (TPSA) is 55.6 Å². The number of benzene rings is 3. The van der Waals surface area contributed by atoms with Crippen LogP contribution in [0.1, 0.15) is 36.5 Å². The number of hydrogen-bond acceptors (Lipinski definition) is 3. The van der Waals surface area contributed by atoms with Crippen molar-refractivity contribution in [3.63, 3.8) is 0 Å². The second kappa shape index (κ2) is 9.96. The Morgan fingerprint density at radius 1 is 1.00 bits per heavy atom. The molecule has 162 valence electrons. The van der Waals surface area contributed by atoms with Crippen molar-refractivity contribution in [3.05, 3.63) is 102 Å². The first kappa shape index (κ1) is 21.4. The molecule has 0 radical (unpaired) electrons. The standard InChI is InChI=1S/C27H27N3O2/c1-20(2)22-12-14-24(15-13-22)32-19-27(31)29-28-16-23-18-30(17-21-8-4-3-5-9-21)26-11-7-6-10-25(23)26/h3-16,18,20H,17,19H2,1-2H3,(H,29,31). The monoisotopic (exact) mass is 425 g/mol. The van der Waals surface area contributed by atoms with Gasteiger partial charge in [-0.25, -0.2) is 5.43 Å². The predicted octanol–water partition coefficient (Wildman–Crippen LogP) is 5.34. The average molecular weight is 426 g/mol. The number of carbonyl (C=O) groups excluding carboxylic acids is 1. The minimum Gasteiger partial charge on any atom is -0.484 e. The molecule has 0 aliphatic rings. The molecule has 1 aromatic heterocycles. The number of rotatable bonds is 8. The summed E-state index contributed by atoms with van der Waals surface area (Å²) < 4.78 is 7.75. The molecule has 0 spiro atoms. The molecule has 0 unspecified atom stereocenters. The van der Waals surface area contributed by atoms with E-state index in [1.807, 2.05) is 54.6 Å². The molecule has 3 aromatic carbocycles. The molecule has 0 aliphatic carbocycles. The quantitative estimate of drug-likeness (QED) is 0.306. The van der Waals surface area contributed by atoms with Crippen LogP contribution in [-0.2, 0) is 11.3 Å². The van der Waals surface area contributed by atoms with Crippen molar-refractivity contribution in [2.45, 2.75) is 26.3 Å². The zero-order chi connectivity index (χ0) is 22.3. The Morgan fingerprint density at radius 3 is 2.47 bits per heavy atom. The van der Waals surface area contributed by atoms with Gasteiger partial charge in [-0.3, -0.25) is 4.79 Å². The highest BCUT2D eigenvalue weighted by atomic mass is 16.5. The van der Waals surface area contributed by atoms with Crippen molar-refractivity contribution in [2.24, 2.45) is 5.10 Å². The first-order chi connectivity index (χ1) is 15.6. The second-order valence-electron chi connectivity index (χ2n) is 8.02. The molecular formula is C27H27N3O2. The molecule has 32 heavy (non-hydrogen) atoms. The summed E-state index contributed by atoms with van der Waals surface area (Å²) in [6, 6.07) is 26.3. The maximum atomic E-state index is 12.1. The van der Waals surface area contributed by atoms with Gasteiger partial charge in [0.05, 0.1) is 6.21 Å². The summed E-state index contributed by atoms with van der Waals surface area (Å²) in [4.78, 5) is 12.1. The fourth-order valence-corrected chi connectivity index (χ4v) is 3.59. The average Bonchev–Trinajstić information content (AvgIpc) is 3.16. The Morgan fingerprint density at radius 2 is 1.72 bits per heavy atom. The Kier molecular flexibility index (Phi) is 6.66. The van der Waals surface area contributed by atoms with Crippen LogP contribution in [0.2, 0.25) is 0 Å². The molecule has 4 rings (SSSR count). The Balaban J connectivity index is 1.38. The highest BCUT2D eigenvalue weighted by Gasteiger charge is 2.08. The highest BCUT2D eigenvalue weighted by Crippen LogP contribution is 2.21. The summed E-state index contributed by atoms with van der Waals surface area (Å²) in [5.41, 5.74) is 7.08. The van der Waals surface area contributed by atoms with Crippen LogP contribution in [0.5, 0.6) is 5.75 Å². The number of aromatic nitrogens is 1. The number of nitrogens with one attached hydrogen (secondary N) is 1. The fraction of sp³-hybridized carbons (Fsp3) is 0.185. The van der Waals surface area contributed by atoms with E-state index < -0.39 is 0 Å². The van der Waals surface area contributed by atoms with Crippen LogP contribution < -0.4 is 10.2 Å². The van der Waals surface area contributed by atoms with Crippen molar-refractivity contribution in [2.75, 3.05) is 6.61 Å². The first-order valence-electron chi connectivity index (χ1n) is 10.8. The maximum absolute atomic E-state index is 12.1. The van der Waals surface area contributed by atoms with Gasteiger partial charge in [-0.1, -0.05) is 74.5 Å². The molecule has 0 saturated heterocycles. The second-order valence-corrected chi connectivity index (χ2v) is 8.02. The Bertz CT molecular complexity index is 1210. The van der Waals surface area contributed by atoms with Crippen molar-refractivity contribution < 1.29 is 9.53 Å². The van der Waals surface area contributed by atoms with Crippen molar-refractivity contribution in [1.82, 2.24) is 9.99 Å². The van der Waals surface area contributed by atoms with Gasteiger partial charge in [-0.2, -0.15) is 5.10 Å². The number of fused-ring (bicyclic) bond motifs is 1. The molecule has 5 nitrogen and oxygen atoms in total.